The second-order valence-corrected chi connectivity index (χ2v) is 9.06. The largest absolute Gasteiger partial charge is 0.502 e. The number of amides is 1. The molecule has 3 aromatic carbocycles. The topological polar surface area (TPSA) is 98.0 Å². The minimum Gasteiger partial charge on any atom is -0.502 e. The number of aromatic hydroxyl groups is 1. The van der Waals surface area contributed by atoms with Crippen molar-refractivity contribution in [1.82, 2.24) is 15.2 Å². The van der Waals surface area contributed by atoms with Crippen LogP contribution in [0.25, 0.3) is 16.9 Å². The molecule has 1 aromatic heterocycles. The Kier molecular flexibility index (Phi) is 7.92. The molecule has 0 aliphatic rings. The van der Waals surface area contributed by atoms with E-state index >= 15 is 0 Å². The number of methoxy groups -OCH3 is 2. The summed E-state index contributed by atoms with van der Waals surface area (Å²) in [6, 6.07) is 15.4. The average molecular weight is 560 g/mol. The number of nitrogens with one attached hydrogen (secondary N) is 1. The summed E-state index contributed by atoms with van der Waals surface area (Å²) in [6.07, 6.45) is 1.40. The van der Waals surface area contributed by atoms with Crippen molar-refractivity contribution >= 4 is 46.9 Å². The maximum absolute atomic E-state index is 13.1. The van der Waals surface area contributed by atoms with E-state index in [0.717, 1.165) is 5.56 Å². The number of carbonyl (C=O) groups is 1. The van der Waals surface area contributed by atoms with E-state index in [1.165, 1.54) is 20.4 Å². The molecule has 0 spiro atoms. The van der Waals surface area contributed by atoms with Gasteiger partial charge in [-0.3, -0.25) is 4.79 Å². The number of rotatable bonds is 7. The first-order valence-corrected chi connectivity index (χ1v) is 12.0. The van der Waals surface area contributed by atoms with Gasteiger partial charge in [0.2, 0.25) is 5.75 Å². The summed E-state index contributed by atoms with van der Waals surface area (Å²) in [5, 5.41) is 20.0. The summed E-state index contributed by atoms with van der Waals surface area (Å²) in [5.74, 6) is -0.253. The molecule has 1 heterocycles. The number of phenolic OH excluding ortho intramolecular Hbond substituents is 1. The number of aromatic nitrogens is 2. The lowest BCUT2D eigenvalue weighted by atomic mass is 10.1. The minimum atomic E-state index is -0.527. The minimum absolute atomic E-state index is 0.135. The first-order chi connectivity index (χ1) is 17.7. The monoisotopic (exact) mass is 558 g/mol. The van der Waals surface area contributed by atoms with Gasteiger partial charge >= 0.3 is 0 Å². The van der Waals surface area contributed by atoms with Crippen LogP contribution in [0, 0.1) is 6.92 Å². The van der Waals surface area contributed by atoms with Crippen molar-refractivity contribution in [2.24, 2.45) is 5.10 Å². The molecule has 0 fully saturated rings. The molecule has 0 saturated heterocycles. The third-order valence-electron chi connectivity index (χ3n) is 5.48. The SMILES string of the molecule is COc1cc(/C=N/NC(=O)c2nn(-c3ccc(Cl)c(Cl)c3)c(-c3ccc(Cl)cc3)c2C)cc(OC)c1O. The predicted molar refractivity (Wildman–Crippen MR) is 145 cm³/mol. The third kappa shape index (κ3) is 5.51. The summed E-state index contributed by atoms with van der Waals surface area (Å²) in [7, 11) is 2.84. The molecule has 11 heteroatoms. The zero-order valence-corrected chi connectivity index (χ0v) is 22.2. The van der Waals surface area contributed by atoms with E-state index in [9.17, 15) is 9.90 Å². The maximum Gasteiger partial charge on any atom is 0.292 e. The van der Waals surface area contributed by atoms with Gasteiger partial charge < -0.3 is 14.6 Å². The molecule has 0 saturated carbocycles. The van der Waals surface area contributed by atoms with Gasteiger partial charge in [-0.25, -0.2) is 10.1 Å². The van der Waals surface area contributed by atoms with E-state index in [1.807, 2.05) is 12.1 Å². The van der Waals surface area contributed by atoms with Crippen LogP contribution in [0.4, 0.5) is 0 Å². The molecule has 4 rings (SSSR count). The van der Waals surface area contributed by atoms with Crippen LogP contribution in [-0.2, 0) is 0 Å². The highest BCUT2D eigenvalue weighted by molar-refractivity contribution is 6.42. The standard InChI is InChI=1S/C26H21Cl3N4O4/c1-14-23(26(35)31-30-13-15-10-21(36-2)25(34)22(11-15)37-3)32-33(18-8-9-19(28)20(29)12-18)24(14)16-4-6-17(27)7-5-16/h4-13,34H,1-3H3,(H,31,35)/b30-13+. The molecule has 0 radical (unpaired) electrons. The van der Waals surface area contributed by atoms with E-state index in [0.29, 0.717) is 37.6 Å². The molecule has 0 aliphatic carbocycles. The van der Waals surface area contributed by atoms with Gasteiger partial charge in [0.05, 0.1) is 41.9 Å². The van der Waals surface area contributed by atoms with Crippen LogP contribution in [-0.4, -0.2) is 41.2 Å². The van der Waals surface area contributed by atoms with E-state index in [-0.39, 0.29) is 22.9 Å². The highest BCUT2D eigenvalue weighted by Crippen LogP contribution is 2.36. The normalized spacial score (nSPS) is 11.1. The van der Waals surface area contributed by atoms with Crippen LogP contribution < -0.4 is 14.9 Å². The fraction of sp³-hybridized carbons (Fsp3) is 0.115. The summed E-state index contributed by atoms with van der Waals surface area (Å²) >= 11 is 18.4. The predicted octanol–water partition coefficient (Wildman–Crippen LogP) is 6.29. The molecule has 0 bridgehead atoms. The maximum atomic E-state index is 13.1. The first-order valence-electron chi connectivity index (χ1n) is 10.8. The molecule has 37 heavy (non-hydrogen) atoms. The Balaban J connectivity index is 1.70. The molecule has 190 valence electrons. The molecule has 0 aliphatic heterocycles. The molecule has 4 aromatic rings. The molecule has 0 atom stereocenters. The molecule has 0 unspecified atom stereocenters. The van der Waals surface area contributed by atoms with Gasteiger partial charge in [0.15, 0.2) is 17.2 Å². The summed E-state index contributed by atoms with van der Waals surface area (Å²) in [4.78, 5) is 13.1. The Morgan fingerprint density at radius 2 is 1.65 bits per heavy atom. The molecule has 2 N–H and O–H groups in total. The Bertz CT molecular complexity index is 1480. The van der Waals surface area contributed by atoms with Crippen LogP contribution in [0.1, 0.15) is 21.6 Å². The zero-order valence-electron chi connectivity index (χ0n) is 19.9. The Labute approximate surface area is 228 Å². The first kappa shape index (κ1) is 26.3. The van der Waals surface area contributed by atoms with Gasteiger partial charge in [0.25, 0.3) is 5.91 Å². The van der Waals surface area contributed by atoms with Gasteiger partial charge in [-0.2, -0.15) is 10.2 Å². The highest BCUT2D eigenvalue weighted by atomic mass is 35.5. The van der Waals surface area contributed by atoms with Crippen molar-refractivity contribution in [2.75, 3.05) is 14.2 Å². The van der Waals surface area contributed by atoms with Crippen LogP contribution in [0.15, 0.2) is 59.7 Å². The number of hydrazone groups is 1. The Morgan fingerprint density at radius 1 is 1.00 bits per heavy atom. The fourth-order valence-corrected chi connectivity index (χ4v) is 4.09. The number of carbonyl (C=O) groups excluding carboxylic acids is 1. The van der Waals surface area contributed by atoms with E-state index in [2.05, 4.69) is 15.6 Å². The van der Waals surface area contributed by atoms with Crippen molar-refractivity contribution < 1.29 is 19.4 Å². The van der Waals surface area contributed by atoms with E-state index in [4.69, 9.17) is 44.3 Å². The molecule has 1 amide bonds. The zero-order chi connectivity index (χ0) is 26.7. The van der Waals surface area contributed by atoms with Crippen molar-refractivity contribution in [3.8, 4) is 34.2 Å². The van der Waals surface area contributed by atoms with Gasteiger partial charge in [-0.05, 0) is 49.4 Å². The van der Waals surface area contributed by atoms with Crippen LogP contribution in [0.2, 0.25) is 15.1 Å². The Hall–Kier alpha value is -3.72. The lowest BCUT2D eigenvalue weighted by molar-refractivity contribution is 0.0949. The van der Waals surface area contributed by atoms with E-state index < -0.39 is 5.91 Å². The average Bonchev–Trinajstić information content (AvgIpc) is 3.23. The number of hydrogen-bond donors (Lipinski definition) is 2. The second-order valence-electron chi connectivity index (χ2n) is 7.81. The van der Waals surface area contributed by atoms with Crippen molar-refractivity contribution in [3.63, 3.8) is 0 Å². The summed E-state index contributed by atoms with van der Waals surface area (Å²) in [5.41, 5.74) is 5.90. The molecular weight excluding hydrogens is 539 g/mol. The highest BCUT2D eigenvalue weighted by Gasteiger charge is 2.22. The van der Waals surface area contributed by atoms with Gasteiger partial charge in [0, 0.05) is 21.7 Å². The number of phenols is 1. The van der Waals surface area contributed by atoms with Gasteiger partial charge in [-0.1, -0.05) is 46.9 Å². The van der Waals surface area contributed by atoms with Crippen molar-refractivity contribution in [2.45, 2.75) is 6.92 Å². The lowest BCUT2D eigenvalue weighted by Crippen LogP contribution is -2.19. The van der Waals surface area contributed by atoms with Crippen LogP contribution >= 0.6 is 34.8 Å². The summed E-state index contributed by atoms with van der Waals surface area (Å²) in [6.45, 7) is 1.79. The quantitative estimate of drug-likeness (QED) is 0.205. The van der Waals surface area contributed by atoms with Crippen molar-refractivity contribution in [1.29, 1.82) is 0 Å². The number of ether oxygens (including phenoxy) is 2. The summed E-state index contributed by atoms with van der Waals surface area (Å²) < 4.78 is 11.9. The van der Waals surface area contributed by atoms with E-state index in [1.54, 1.807) is 54.1 Å². The number of benzene rings is 3. The lowest BCUT2D eigenvalue weighted by Gasteiger charge is -2.10. The van der Waals surface area contributed by atoms with Gasteiger partial charge in [0.1, 0.15) is 0 Å². The fourth-order valence-electron chi connectivity index (χ4n) is 3.67. The number of nitrogens with zero attached hydrogens (tertiary/aromatic N) is 3. The van der Waals surface area contributed by atoms with Crippen LogP contribution in [0.3, 0.4) is 0 Å². The second kappa shape index (κ2) is 11.1. The van der Waals surface area contributed by atoms with Gasteiger partial charge in [-0.15, -0.1) is 0 Å². The number of halogens is 3. The Morgan fingerprint density at radius 3 is 2.24 bits per heavy atom. The molecular formula is C26H21Cl3N4O4. The smallest absolute Gasteiger partial charge is 0.292 e. The molecule has 8 nitrogen and oxygen atoms in total. The third-order valence-corrected chi connectivity index (χ3v) is 6.48. The number of hydrogen-bond acceptors (Lipinski definition) is 6. The van der Waals surface area contributed by atoms with Crippen LogP contribution in [0.5, 0.6) is 17.2 Å². The van der Waals surface area contributed by atoms with Crippen molar-refractivity contribution in [3.05, 3.63) is 86.5 Å².